The number of carbonyl (C=O) groups is 6. The quantitative estimate of drug-likeness (QED) is 0.0682. The molecule has 1 aromatic heterocycles. The van der Waals surface area contributed by atoms with Crippen LogP contribution in [0.2, 0.25) is 0 Å². The fraction of sp³-hybridized carbons (Fsp3) is 0.450. The lowest BCUT2D eigenvalue weighted by molar-refractivity contribution is -0.140. The molecule has 18 heteroatoms. The highest BCUT2D eigenvalue weighted by atomic mass is 32.2. The third-order valence-corrected chi connectivity index (χ3v) is 10.4. The number of aliphatic carboxylic acids is 2. The van der Waals surface area contributed by atoms with E-state index in [1.165, 1.54) is 4.90 Å². The Hall–Kier alpha value is -5.17. The number of hydrogen-bond donors (Lipinski definition) is 7. The molecule has 4 atom stereocenters. The molecule has 316 valence electrons. The van der Waals surface area contributed by atoms with Crippen molar-refractivity contribution >= 4 is 47.2 Å². The van der Waals surface area contributed by atoms with E-state index < -0.39 is 95.4 Å². The van der Waals surface area contributed by atoms with Gasteiger partial charge in [-0.25, -0.2) is 8.78 Å². The smallest absolute Gasteiger partial charge is 0.321 e. The average molecular weight is 831 g/mol. The zero-order chi connectivity index (χ0) is 43.2. The predicted octanol–water partition coefficient (Wildman–Crippen LogP) is 2.68. The van der Waals surface area contributed by atoms with Crippen molar-refractivity contribution in [2.24, 2.45) is 16.9 Å². The van der Waals surface area contributed by atoms with E-state index in [2.05, 4.69) is 10.6 Å². The minimum atomic E-state index is -1.31. The summed E-state index contributed by atoms with van der Waals surface area (Å²) < 4.78 is 31.2. The molecule has 3 aromatic rings. The average Bonchev–Trinajstić information content (AvgIpc) is 3.57. The van der Waals surface area contributed by atoms with Crippen LogP contribution in [0.4, 0.5) is 8.78 Å². The molecule has 3 rings (SSSR count). The number of rotatable bonds is 23. The lowest BCUT2D eigenvalue weighted by atomic mass is 9.82. The van der Waals surface area contributed by atoms with E-state index in [1.54, 1.807) is 12.3 Å². The van der Waals surface area contributed by atoms with Crippen LogP contribution in [0, 0.1) is 17.0 Å². The fourth-order valence-electron chi connectivity index (χ4n) is 6.20. The summed E-state index contributed by atoms with van der Waals surface area (Å²) in [5, 5.41) is 32.0. The number of aliphatic hydroxyl groups is 1. The molecule has 0 radical (unpaired) electrons. The number of nitrogens with one attached hydrogen (secondary N) is 2. The monoisotopic (exact) mass is 830 g/mol. The lowest BCUT2D eigenvalue weighted by Gasteiger charge is -2.41. The molecule has 0 aliphatic heterocycles. The third-order valence-electron chi connectivity index (χ3n) is 9.09. The Bertz CT molecular complexity index is 1910. The van der Waals surface area contributed by atoms with Crippen LogP contribution < -0.4 is 22.1 Å². The Morgan fingerprint density at radius 1 is 0.931 bits per heavy atom. The van der Waals surface area contributed by atoms with Crippen molar-refractivity contribution < 1.29 is 52.9 Å². The van der Waals surface area contributed by atoms with Crippen molar-refractivity contribution in [3.05, 3.63) is 83.7 Å². The van der Waals surface area contributed by atoms with Crippen molar-refractivity contribution in [2.75, 3.05) is 32.0 Å². The molecule has 58 heavy (non-hydrogen) atoms. The Balaban J connectivity index is 1.67. The van der Waals surface area contributed by atoms with Crippen LogP contribution in [0.1, 0.15) is 63.8 Å². The summed E-state index contributed by atoms with van der Waals surface area (Å²) in [4.78, 5) is 75.0. The number of aliphatic hydroxyl groups excluding tert-OH is 1. The number of halogens is 2. The first-order chi connectivity index (χ1) is 27.3. The van der Waals surface area contributed by atoms with Gasteiger partial charge in [0.15, 0.2) is 5.78 Å². The van der Waals surface area contributed by atoms with Gasteiger partial charge in [0.25, 0.3) is 0 Å². The number of ketones is 1. The highest BCUT2D eigenvalue weighted by molar-refractivity contribution is 8.00. The van der Waals surface area contributed by atoms with Crippen molar-refractivity contribution in [2.45, 2.75) is 76.4 Å². The predicted molar refractivity (Wildman–Crippen MR) is 213 cm³/mol. The number of benzene rings is 2. The van der Waals surface area contributed by atoms with Crippen molar-refractivity contribution in [1.29, 1.82) is 0 Å². The first-order valence-electron chi connectivity index (χ1n) is 18.6. The summed E-state index contributed by atoms with van der Waals surface area (Å²) in [6.45, 7) is 4.74. The molecule has 0 aliphatic carbocycles. The maximum Gasteiger partial charge on any atom is 0.321 e. The van der Waals surface area contributed by atoms with Crippen molar-refractivity contribution in [3.8, 4) is 11.1 Å². The number of carboxylic acid groups (broad SMARTS) is 2. The van der Waals surface area contributed by atoms with Gasteiger partial charge in [-0.1, -0.05) is 51.1 Å². The number of amides is 3. The van der Waals surface area contributed by atoms with Gasteiger partial charge in [0.2, 0.25) is 17.7 Å². The second kappa shape index (κ2) is 22.1. The standard InChI is InChI=1S/C40H52F2N6O9S/c1-40(2,3)36(32-16-25(28-17-26(41)11-12-29(28)42)21-47(32)20-24-8-5-4-6-9-24)48(34(51)22-49)15-13-30(43)37(54)45-14-7-10-27(50)19-46-38(55)33(18-35(52)53)58-23-31(44)39(56)57/h4-6,8-9,11-12,16-17,21,30-31,33,36,49H,7,10,13-15,18-20,22-23,43-44H2,1-3H3,(H,45,54)(H,46,55)(H,52,53)(H,56,57)/t30-,31?,33?,36-/m0/s1. The summed E-state index contributed by atoms with van der Waals surface area (Å²) in [6, 6.07) is 11.1. The number of nitrogens with zero attached hydrogens (tertiary/aromatic N) is 2. The van der Waals surface area contributed by atoms with E-state index in [-0.39, 0.29) is 43.7 Å². The Kier molecular flexibility index (Phi) is 18.0. The van der Waals surface area contributed by atoms with Gasteiger partial charge in [0, 0.05) is 54.8 Å². The molecule has 0 saturated carbocycles. The van der Waals surface area contributed by atoms with Crippen LogP contribution >= 0.6 is 11.8 Å². The van der Waals surface area contributed by atoms with Crippen LogP contribution in [0.15, 0.2) is 60.8 Å². The van der Waals surface area contributed by atoms with Gasteiger partial charge in [-0.2, -0.15) is 0 Å². The number of aromatic nitrogens is 1. The normalized spacial score (nSPS) is 13.5. The Labute approximate surface area is 339 Å². The minimum Gasteiger partial charge on any atom is -0.481 e. The Morgan fingerprint density at radius 3 is 2.24 bits per heavy atom. The van der Waals surface area contributed by atoms with E-state index in [0.717, 1.165) is 35.5 Å². The molecule has 3 amide bonds. The van der Waals surface area contributed by atoms with Crippen molar-refractivity contribution in [3.63, 3.8) is 0 Å². The molecule has 2 aromatic carbocycles. The number of carbonyl (C=O) groups excluding carboxylic acids is 4. The molecule has 0 spiro atoms. The van der Waals surface area contributed by atoms with Crippen LogP contribution in [-0.4, -0.2) is 110 Å². The summed E-state index contributed by atoms with van der Waals surface area (Å²) in [5.74, 6) is -6.43. The van der Waals surface area contributed by atoms with Gasteiger partial charge in [0.05, 0.1) is 30.3 Å². The van der Waals surface area contributed by atoms with E-state index in [9.17, 15) is 38.3 Å². The number of hydrogen-bond acceptors (Lipinski definition) is 10. The third kappa shape index (κ3) is 14.3. The number of nitrogens with two attached hydrogens (primary N) is 2. The first-order valence-corrected chi connectivity index (χ1v) is 19.6. The van der Waals surface area contributed by atoms with Gasteiger partial charge in [-0.05, 0) is 48.1 Å². The van der Waals surface area contributed by atoms with Gasteiger partial charge < -0.3 is 46.9 Å². The van der Waals surface area contributed by atoms with Crippen molar-refractivity contribution in [1.82, 2.24) is 20.1 Å². The molecule has 1 heterocycles. The van der Waals surface area contributed by atoms with Crippen LogP contribution in [0.25, 0.3) is 11.1 Å². The molecule has 9 N–H and O–H groups in total. The molecule has 0 fully saturated rings. The maximum atomic E-state index is 15.0. The SMILES string of the molecule is CC(C)(C)[C@H](c1cc(-c2cc(F)ccc2F)cn1Cc1ccccc1)N(CC[C@H](N)C(=O)NCCCC(=O)CNC(=O)C(CC(=O)O)SCC(N)C(=O)O)C(=O)CO. The molecule has 2 unspecified atom stereocenters. The van der Waals surface area contributed by atoms with Crippen LogP contribution in [0.3, 0.4) is 0 Å². The van der Waals surface area contributed by atoms with Crippen LogP contribution in [-0.2, 0) is 35.3 Å². The lowest BCUT2D eigenvalue weighted by Crippen LogP contribution is -2.47. The number of Topliss-reactive ketones (excluding diaryl/α,β-unsaturated/α-hetero) is 1. The molecule has 0 saturated heterocycles. The summed E-state index contributed by atoms with van der Waals surface area (Å²) in [7, 11) is 0. The number of carboxylic acids is 2. The fourth-order valence-corrected chi connectivity index (χ4v) is 7.28. The maximum absolute atomic E-state index is 15.0. The van der Waals surface area contributed by atoms with Crippen LogP contribution in [0.5, 0.6) is 0 Å². The highest BCUT2D eigenvalue weighted by Crippen LogP contribution is 2.41. The summed E-state index contributed by atoms with van der Waals surface area (Å²) in [5.41, 5.74) is 12.9. The molecule has 0 bridgehead atoms. The second-order valence-corrected chi connectivity index (χ2v) is 16.1. The van der Waals surface area contributed by atoms with E-state index in [4.69, 9.17) is 21.7 Å². The van der Waals surface area contributed by atoms with E-state index in [0.29, 0.717) is 17.8 Å². The van der Waals surface area contributed by atoms with Gasteiger partial charge in [-0.3, -0.25) is 28.8 Å². The zero-order valence-corrected chi connectivity index (χ0v) is 33.5. The zero-order valence-electron chi connectivity index (χ0n) is 32.7. The topological polar surface area (TPSA) is 247 Å². The highest BCUT2D eigenvalue weighted by Gasteiger charge is 2.37. The minimum absolute atomic E-state index is 0.0211. The van der Waals surface area contributed by atoms with Gasteiger partial charge in [-0.15, -0.1) is 11.8 Å². The second-order valence-electron chi connectivity index (χ2n) is 14.8. The van der Waals surface area contributed by atoms with Gasteiger partial charge >= 0.3 is 11.9 Å². The summed E-state index contributed by atoms with van der Waals surface area (Å²) >= 11 is 0.756. The van der Waals surface area contributed by atoms with Gasteiger partial charge in [0.1, 0.15) is 24.3 Å². The molecule has 15 nitrogen and oxygen atoms in total. The summed E-state index contributed by atoms with van der Waals surface area (Å²) in [6.07, 6.45) is 1.20. The van der Waals surface area contributed by atoms with E-state index >= 15 is 4.39 Å². The Morgan fingerprint density at radius 2 is 1.62 bits per heavy atom. The number of thioether (sulfide) groups is 1. The first kappa shape index (κ1) is 47.2. The molecule has 0 aliphatic rings. The largest absolute Gasteiger partial charge is 0.481 e. The van der Waals surface area contributed by atoms with E-state index in [1.807, 2.05) is 55.7 Å². The molecular weight excluding hydrogens is 779 g/mol. The molecular formula is C40H52F2N6O9S.